The normalized spacial score (nSPS) is 11.5. The third-order valence-electron chi connectivity index (χ3n) is 3.15. The van der Waals surface area contributed by atoms with E-state index in [4.69, 9.17) is 0 Å². The molecule has 0 saturated carbocycles. The maximum absolute atomic E-state index is 12.6. The fraction of sp³-hybridized carbons (Fsp3) is 0.357. The minimum absolute atomic E-state index is 0.297. The Morgan fingerprint density at radius 2 is 1.86 bits per heavy atom. The molecule has 0 N–H and O–H groups in total. The number of carbonyl (C=O) groups excluding carboxylic acids is 1. The zero-order valence-electron chi connectivity index (χ0n) is 12.0. The summed E-state index contributed by atoms with van der Waals surface area (Å²) in [5, 5.41) is 3.88. The van der Waals surface area contributed by atoms with Gasteiger partial charge in [0.15, 0.2) is 0 Å². The number of hydrogen-bond donors (Lipinski definition) is 0. The van der Waals surface area contributed by atoms with Gasteiger partial charge in [0.05, 0.1) is 11.3 Å². The van der Waals surface area contributed by atoms with Crippen LogP contribution in [0.5, 0.6) is 0 Å². The Kier molecular flexibility index (Phi) is 4.80. The van der Waals surface area contributed by atoms with E-state index in [0.717, 1.165) is 23.7 Å². The molecular formula is C14H14F3N3OS. The highest BCUT2D eigenvalue weighted by atomic mass is 32.1. The molecule has 8 heteroatoms. The summed E-state index contributed by atoms with van der Waals surface area (Å²) in [5.74, 6) is -0.297. The van der Waals surface area contributed by atoms with Crippen molar-refractivity contribution in [2.45, 2.75) is 26.4 Å². The molecule has 22 heavy (non-hydrogen) atoms. The Morgan fingerprint density at radius 1 is 1.23 bits per heavy atom. The molecular weight excluding hydrogens is 315 g/mol. The third-order valence-corrected chi connectivity index (χ3v) is 3.91. The maximum atomic E-state index is 12.6. The molecule has 118 valence electrons. The smallest absolute Gasteiger partial charge is 0.308 e. The molecule has 1 amide bonds. The number of anilines is 1. The van der Waals surface area contributed by atoms with E-state index >= 15 is 0 Å². The van der Waals surface area contributed by atoms with Crippen molar-refractivity contribution in [3.05, 3.63) is 40.4 Å². The van der Waals surface area contributed by atoms with Gasteiger partial charge in [-0.15, -0.1) is 5.10 Å². The molecule has 0 aliphatic heterocycles. The number of amides is 1. The molecule has 0 saturated heterocycles. The predicted octanol–water partition coefficient (Wildman–Crippen LogP) is 3.79. The Labute approximate surface area is 129 Å². The van der Waals surface area contributed by atoms with Crippen molar-refractivity contribution in [3.63, 3.8) is 0 Å². The number of carbonyl (C=O) groups is 1. The van der Waals surface area contributed by atoms with E-state index in [9.17, 15) is 18.0 Å². The van der Waals surface area contributed by atoms with Gasteiger partial charge >= 0.3 is 6.18 Å². The lowest BCUT2D eigenvalue weighted by Gasteiger charge is -2.21. The lowest BCUT2D eigenvalue weighted by atomic mass is 10.1. The second kappa shape index (κ2) is 6.43. The molecule has 1 heterocycles. The van der Waals surface area contributed by atoms with Gasteiger partial charge in [0.25, 0.3) is 5.91 Å². The van der Waals surface area contributed by atoms with E-state index < -0.39 is 11.7 Å². The van der Waals surface area contributed by atoms with Crippen LogP contribution >= 0.6 is 11.5 Å². The lowest BCUT2D eigenvalue weighted by Crippen LogP contribution is -2.30. The van der Waals surface area contributed by atoms with Gasteiger partial charge in [-0.2, -0.15) is 13.2 Å². The van der Waals surface area contributed by atoms with Gasteiger partial charge in [-0.3, -0.25) is 4.79 Å². The van der Waals surface area contributed by atoms with E-state index in [0.29, 0.717) is 29.2 Å². The molecule has 2 rings (SSSR count). The van der Waals surface area contributed by atoms with E-state index in [1.54, 1.807) is 6.92 Å². The van der Waals surface area contributed by atoms with Crippen LogP contribution in [0.15, 0.2) is 24.3 Å². The first-order valence-electron chi connectivity index (χ1n) is 6.68. The summed E-state index contributed by atoms with van der Waals surface area (Å²) in [6.45, 7) is 3.96. The van der Waals surface area contributed by atoms with E-state index in [1.807, 2.05) is 6.92 Å². The monoisotopic (exact) mass is 329 g/mol. The Hall–Kier alpha value is -1.96. The minimum Gasteiger partial charge on any atom is -0.308 e. The average Bonchev–Trinajstić information content (AvgIpc) is 2.96. The summed E-state index contributed by atoms with van der Waals surface area (Å²) >= 11 is 0.996. The van der Waals surface area contributed by atoms with Gasteiger partial charge in [-0.25, -0.2) is 0 Å². The van der Waals surface area contributed by atoms with Crippen LogP contribution in [-0.4, -0.2) is 22.0 Å². The van der Waals surface area contributed by atoms with Crippen molar-refractivity contribution >= 4 is 23.1 Å². The first-order valence-corrected chi connectivity index (χ1v) is 7.46. The molecule has 1 aromatic carbocycles. The third kappa shape index (κ3) is 3.27. The number of hydrogen-bond acceptors (Lipinski definition) is 4. The van der Waals surface area contributed by atoms with Crippen molar-refractivity contribution in [2.24, 2.45) is 0 Å². The lowest BCUT2D eigenvalue weighted by molar-refractivity contribution is -0.137. The summed E-state index contributed by atoms with van der Waals surface area (Å²) in [6, 6.07) is 4.53. The summed E-state index contributed by atoms with van der Waals surface area (Å²) in [4.78, 5) is 14.4. The van der Waals surface area contributed by atoms with Gasteiger partial charge in [0.2, 0.25) is 0 Å². The largest absolute Gasteiger partial charge is 0.416 e. The van der Waals surface area contributed by atoms with Gasteiger partial charge in [0.1, 0.15) is 4.88 Å². The maximum Gasteiger partial charge on any atom is 0.416 e. The molecule has 0 radical (unpaired) electrons. The van der Waals surface area contributed by atoms with Gasteiger partial charge < -0.3 is 4.90 Å². The van der Waals surface area contributed by atoms with Crippen LogP contribution in [0, 0.1) is 0 Å². The van der Waals surface area contributed by atoms with Gasteiger partial charge in [-0.1, -0.05) is 11.4 Å². The summed E-state index contributed by atoms with van der Waals surface area (Å²) < 4.78 is 41.5. The second-order valence-corrected chi connectivity index (χ2v) is 5.25. The molecule has 0 spiro atoms. The first kappa shape index (κ1) is 16.4. The number of aryl methyl sites for hydroxylation is 1. The Balaban J connectivity index is 2.30. The van der Waals surface area contributed by atoms with E-state index in [2.05, 4.69) is 9.59 Å². The van der Waals surface area contributed by atoms with Crippen LogP contribution in [-0.2, 0) is 12.6 Å². The average molecular weight is 329 g/mol. The number of halogens is 3. The predicted molar refractivity (Wildman–Crippen MR) is 78.1 cm³/mol. The minimum atomic E-state index is -4.39. The van der Waals surface area contributed by atoms with Crippen LogP contribution in [0.25, 0.3) is 0 Å². The fourth-order valence-corrected chi connectivity index (χ4v) is 2.70. The molecule has 0 unspecified atom stereocenters. The van der Waals surface area contributed by atoms with E-state index in [-0.39, 0.29) is 5.91 Å². The van der Waals surface area contributed by atoms with Crippen LogP contribution in [0.2, 0.25) is 0 Å². The highest BCUT2D eigenvalue weighted by molar-refractivity contribution is 7.08. The highest BCUT2D eigenvalue weighted by Gasteiger charge is 2.30. The summed E-state index contributed by atoms with van der Waals surface area (Å²) in [7, 11) is 0. The fourth-order valence-electron chi connectivity index (χ4n) is 2.00. The number of aromatic nitrogens is 2. The molecule has 0 fully saturated rings. The number of rotatable bonds is 4. The van der Waals surface area contributed by atoms with Crippen molar-refractivity contribution in [1.29, 1.82) is 0 Å². The van der Waals surface area contributed by atoms with Crippen LogP contribution in [0.3, 0.4) is 0 Å². The Bertz CT molecular complexity index is 652. The van der Waals surface area contributed by atoms with Crippen molar-refractivity contribution in [1.82, 2.24) is 9.59 Å². The molecule has 2 aromatic rings. The van der Waals surface area contributed by atoms with Crippen LogP contribution in [0.1, 0.15) is 34.8 Å². The summed E-state index contributed by atoms with van der Waals surface area (Å²) in [6.07, 6.45) is -3.82. The zero-order valence-corrected chi connectivity index (χ0v) is 12.8. The van der Waals surface area contributed by atoms with Crippen molar-refractivity contribution < 1.29 is 18.0 Å². The van der Waals surface area contributed by atoms with Crippen molar-refractivity contribution in [3.8, 4) is 0 Å². The highest BCUT2D eigenvalue weighted by Crippen LogP contribution is 2.31. The molecule has 0 aliphatic rings. The molecule has 0 aliphatic carbocycles. The van der Waals surface area contributed by atoms with Crippen LogP contribution < -0.4 is 4.90 Å². The topological polar surface area (TPSA) is 46.1 Å². The quantitative estimate of drug-likeness (QED) is 0.857. The Morgan fingerprint density at radius 3 is 2.36 bits per heavy atom. The molecule has 4 nitrogen and oxygen atoms in total. The van der Waals surface area contributed by atoms with Crippen LogP contribution in [0.4, 0.5) is 18.9 Å². The molecule has 1 aromatic heterocycles. The number of benzene rings is 1. The standard InChI is InChI=1S/C14H14F3N3OS/c1-3-11-12(22-19-18-11)13(21)20(4-2)10-7-5-9(6-8-10)14(15,16)17/h5-8H,3-4H2,1-2H3. The SMILES string of the molecule is CCc1nnsc1C(=O)N(CC)c1ccc(C(F)(F)F)cc1. The number of nitrogens with zero attached hydrogens (tertiary/aromatic N) is 3. The zero-order chi connectivity index (χ0) is 16.3. The van der Waals surface area contributed by atoms with Gasteiger partial charge in [0, 0.05) is 12.2 Å². The second-order valence-electron chi connectivity index (χ2n) is 4.50. The van der Waals surface area contributed by atoms with E-state index in [1.165, 1.54) is 17.0 Å². The summed E-state index contributed by atoms with van der Waals surface area (Å²) in [5.41, 5.74) is 0.268. The first-order chi connectivity index (χ1) is 10.4. The number of alkyl halides is 3. The molecule has 0 bridgehead atoms. The van der Waals surface area contributed by atoms with Crippen molar-refractivity contribution in [2.75, 3.05) is 11.4 Å². The van der Waals surface area contributed by atoms with Gasteiger partial charge in [-0.05, 0) is 49.1 Å². The molecule has 0 atom stereocenters.